The summed E-state index contributed by atoms with van der Waals surface area (Å²) in [6.07, 6.45) is 5.96. The maximum atomic E-state index is 12.1. The van der Waals surface area contributed by atoms with Crippen LogP contribution in [0.15, 0.2) is 24.3 Å². The smallest absolute Gasteiger partial charge is 0.220 e. The van der Waals surface area contributed by atoms with Crippen LogP contribution in [0.1, 0.15) is 38.5 Å². The molecule has 134 valence electrons. The summed E-state index contributed by atoms with van der Waals surface area (Å²) in [5.41, 5.74) is 1.08. The molecule has 1 atom stereocenters. The maximum Gasteiger partial charge on any atom is 0.220 e. The van der Waals surface area contributed by atoms with Crippen molar-refractivity contribution in [3.05, 3.63) is 24.3 Å². The molecule has 3 heterocycles. The summed E-state index contributed by atoms with van der Waals surface area (Å²) in [5, 5.41) is 4.30. The van der Waals surface area contributed by atoms with Gasteiger partial charge in [-0.1, -0.05) is 23.5 Å². The van der Waals surface area contributed by atoms with Crippen LogP contribution in [0.25, 0.3) is 10.2 Å². The third kappa shape index (κ3) is 4.12. The van der Waals surface area contributed by atoms with Crippen molar-refractivity contribution in [1.82, 2.24) is 10.3 Å². The van der Waals surface area contributed by atoms with E-state index in [0.29, 0.717) is 18.6 Å². The molecule has 4 rings (SSSR count). The number of carbonyl (C=O) groups is 1. The van der Waals surface area contributed by atoms with Crippen LogP contribution >= 0.6 is 11.3 Å². The summed E-state index contributed by atoms with van der Waals surface area (Å²) in [6.45, 7) is 2.77. The molecule has 25 heavy (non-hydrogen) atoms. The number of anilines is 1. The highest BCUT2D eigenvalue weighted by atomic mass is 32.1. The predicted molar refractivity (Wildman–Crippen MR) is 101 cm³/mol. The molecule has 5 nitrogen and oxygen atoms in total. The van der Waals surface area contributed by atoms with Crippen molar-refractivity contribution in [2.75, 3.05) is 24.6 Å². The minimum absolute atomic E-state index is 0.175. The van der Waals surface area contributed by atoms with E-state index in [1.54, 1.807) is 11.3 Å². The molecule has 1 aromatic heterocycles. The number of rotatable bonds is 5. The second kappa shape index (κ2) is 7.70. The Morgan fingerprint density at radius 3 is 2.88 bits per heavy atom. The number of nitrogens with zero attached hydrogens (tertiary/aromatic N) is 2. The molecule has 2 aromatic rings. The lowest BCUT2D eigenvalue weighted by Crippen LogP contribution is -2.44. The fourth-order valence-electron chi connectivity index (χ4n) is 3.67. The van der Waals surface area contributed by atoms with Gasteiger partial charge in [-0.15, -0.1) is 0 Å². The lowest BCUT2D eigenvalue weighted by atomic mass is 10.0. The molecule has 1 amide bonds. The predicted octanol–water partition coefficient (Wildman–Crippen LogP) is 3.34. The van der Waals surface area contributed by atoms with Crippen molar-refractivity contribution in [2.45, 2.75) is 50.7 Å². The Bertz CT molecular complexity index is 685. The summed E-state index contributed by atoms with van der Waals surface area (Å²) >= 11 is 1.75. The van der Waals surface area contributed by atoms with Crippen LogP contribution < -0.4 is 10.2 Å². The number of fused-ring (bicyclic) bond motifs is 1. The molecule has 2 fully saturated rings. The number of hydrogen-bond acceptors (Lipinski definition) is 5. The van der Waals surface area contributed by atoms with Crippen molar-refractivity contribution >= 4 is 32.6 Å². The van der Waals surface area contributed by atoms with Crippen LogP contribution in [0.2, 0.25) is 0 Å². The normalized spacial score (nSPS) is 21.8. The average molecular weight is 359 g/mol. The highest BCUT2D eigenvalue weighted by molar-refractivity contribution is 7.22. The Kier molecular flexibility index (Phi) is 5.17. The molecule has 1 aromatic carbocycles. The number of para-hydroxylation sites is 1. The zero-order valence-electron chi connectivity index (χ0n) is 14.4. The summed E-state index contributed by atoms with van der Waals surface area (Å²) < 4.78 is 6.83. The van der Waals surface area contributed by atoms with Gasteiger partial charge in [0.2, 0.25) is 5.91 Å². The fourth-order valence-corrected chi connectivity index (χ4v) is 4.69. The van der Waals surface area contributed by atoms with E-state index in [2.05, 4.69) is 28.4 Å². The number of carbonyl (C=O) groups excluding carboxylic acids is 1. The summed E-state index contributed by atoms with van der Waals surface area (Å²) in [4.78, 5) is 19.2. The van der Waals surface area contributed by atoms with E-state index >= 15 is 0 Å². The number of piperidine rings is 1. The molecule has 2 aliphatic rings. The molecule has 2 aliphatic heterocycles. The molecule has 6 heteroatoms. The van der Waals surface area contributed by atoms with E-state index in [1.165, 1.54) is 4.70 Å². The number of hydrogen-bond donors (Lipinski definition) is 1. The zero-order chi connectivity index (χ0) is 17.1. The van der Waals surface area contributed by atoms with Crippen LogP contribution in [-0.2, 0) is 9.53 Å². The first kappa shape index (κ1) is 16.8. The SMILES string of the molecule is O=C(CC[C@@H]1CCCO1)NC1CCN(c2nc3ccccc3s2)CC1. The van der Waals surface area contributed by atoms with Gasteiger partial charge in [-0.05, 0) is 44.2 Å². The van der Waals surface area contributed by atoms with Crippen molar-refractivity contribution in [3.63, 3.8) is 0 Å². The molecule has 0 saturated carbocycles. The van der Waals surface area contributed by atoms with Gasteiger partial charge in [-0.2, -0.15) is 0 Å². The molecular weight excluding hydrogens is 334 g/mol. The van der Waals surface area contributed by atoms with Gasteiger partial charge in [-0.25, -0.2) is 4.98 Å². The Morgan fingerprint density at radius 2 is 2.12 bits per heavy atom. The van der Waals surface area contributed by atoms with Crippen LogP contribution in [0.5, 0.6) is 0 Å². The largest absolute Gasteiger partial charge is 0.378 e. The van der Waals surface area contributed by atoms with Crippen LogP contribution in [0.3, 0.4) is 0 Å². The number of nitrogens with one attached hydrogen (secondary N) is 1. The molecular formula is C19H25N3O2S. The quantitative estimate of drug-likeness (QED) is 0.890. The van der Waals surface area contributed by atoms with Gasteiger partial charge in [0.1, 0.15) is 0 Å². The monoisotopic (exact) mass is 359 g/mol. The highest BCUT2D eigenvalue weighted by Gasteiger charge is 2.23. The maximum absolute atomic E-state index is 12.1. The minimum Gasteiger partial charge on any atom is -0.378 e. The van der Waals surface area contributed by atoms with Crippen molar-refractivity contribution in [2.24, 2.45) is 0 Å². The number of aromatic nitrogens is 1. The summed E-state index contributed by atoms with van der Waals surface area (Å²) in [5.74, 6) is 0.175. The van der Waals surface area contributed by atoms with Crippen molar-refractivity contribution in [3.8, 4) is 0 Å². The van der Waals surface area contributed by atoms with Gasteiger partial charge in [0, 0.05) is 32.2 Å². The topological polar surface area (TPSA) is 54.5 Å². The highest BCUT2D eigenvalue weighted by Crippen LogP contribution is 2.30. The molecule has 0 radical (unpaired) electrons. The zero-order valence-corrected chi connectivity index (χ0v) is 15.3. The second-order valence-corrected chi connectivity index (χ2v) is 7.98. The molecule has 0 unspecified atom stereocenters. The van der Waals surface area contributed by atoms with E-state index in [-0.39, 0.29) is 5.91 Å². The van der Waals surface area contributed by atoms with E-state index in [9.17, 15) is 4.79 Å². The summed E-state index contributed by atoms with van der Waals surface area (Å²) in [7, 11) is 0. The number of thiazole rings is 1. The Balaban J connectivity index is 1.24. The number of benzene rings is 1. The third-order valence-electron chi connectivity index (χ3n) is 5.13. The molecule has 1 N–H and O–H groups in total. The minimum atomic E-state index is 0.175. The molecule has 0 bridgehead atoms. The Hall–Kier alpha value is -1.66. The number of amides is 1. The lowest BCUT2D eigenvalue weighted by Gasteiger charge is -2.32. The molecule has 0 aliphatic carbocycles. The van der Waals surface area contributed by atoms with Gasteiger partial charge < -0.3 is 15.0 Å². The van der Waals surface area contributed by atoms with E-state index in [4.69, 9.17) is 9.72 Å². The lowest BCUT2D eigenvalue weighted by molar-refractivity contribution is -0.122. The van der Waals surface area contributed by atoms with Crippen molar-refractivity contribution in [1.29, 1.82) is 0 Å². The van der Waals surface area contributed by atoms with Gasteiger partial charge >= 0.3 is 0 Å². The standard InChI is InChI=1S/C19H25N3O2S/c23-18(8-7-15-4-3-13-24-15)20-14-9-11-22(12-10-14)19-21-16-5-1-2-6-17(16)25-19/h1-2,5-6,14-15H,3-4,7-13H2,(H,20,23)/t15-/m0/s1. The second-order valence-electron chi connectivity index (χ2n) is 6.97. The summed E-state index contributed by atoms with van der Waals surface area (Å²) in [6, 6.07) is 8.57. The first-order valence-electron chi connectivity index (χ1n) is 9.29. The third-order valence-corrected chi connectivity index (χ3v) is 6.23. The fraction of sp³-hybridized carbons (Fsp3) is 0.579. The van der Waals surface area contributed by atoms with E-state index in [0.717, 1.165) is 62.4 Å². The van der Waals surface area contributed by atoms with Gasteiger partial charge in [0.25, 0.3) is 0 Å². The van der Waals surface area contributed by atoms with Gasteiger partial charge in [0.05, 0.1) is 16.3 Å². The Morgan fingerprint density at radius 1 is 1.28 bits per heavy atom. The van der Waals surface area contributed by atoms with E-state index in [1.807, 2.05) is 6.07 Å². The first-order chi connectivity index (χ1) is 12.3. The van der Waals surface area contributed by atoms with Crippen molar-refractivity contribution < 1.29 is 9.53 Å². The number of ether oxygens (including phenoxy) is 1. The molecule has 0 spiro atoms. The van der Waals surface area contributed by atoms with Gasteiger partial charge in [0.15, 0.2) is 5.13 Å². The average Bonchev–Trinajstić information content (AvgIpc) is 3.30. The first-order valence-corrected chi connectivity index (χ1v) is 10.1. The van der Waals surface area contributed by atoms with Crippen LogP contribution in [0, 0.1) is 0 Å². The molecule has 2 saturated heterocycles. The van der Waals surface area contributed by atoms with Gasteiger partial charge in [-0.3, -0.25) is 4.79 Å². The van der Waals surface area contributed by atoms with E-state index < -0.39 is 0 Å². The van der Waals surface area contributed by atoms with Crippen LogP contribution in [-0.4, -0.2) is 42.7 Å². The Labute approximate surface area is 152 Å². The van der Waals surface area contributed by atoms with Crippen LogP contribution in [0.4, 0.5) is 5.13 Å².